The molecule has 1 aliphatic rings. The number of carbonyl (C=O) groups excluding carboxylic acids is 2. The number of nitrogens with zero attached hydrogens (tertiary/aromatic N) is 1. The topological polar surface area (TPSA) is 74.6 Å². The quantitative estimate of drug-likeness (QED) is 0.822. The van der Waals surface area contributed by atoms with E-state index in [2.05, 4.69) is 10.6 Å². The summed E-state index contributed by atoms with van der Waals surface area (Å²) in [5, 5.41) is 5.95. The second kappa shape index (κ2) is 9.26. The molecule has 0 spiro atoms. The molecule has 0 aliphatic carbocycles. The van der Waals surface area contributed by atoms with Crippen molar-refractivity contribution < 1.29 is 14.0 Å². The average Bonchev–Trinajstić information content (AvgIpc) is 3.22. The van der Waals surface area contributed by atoms with E-state index in [0.717, 1.165) is 24.2 Å². The summed E-state index contributed by atoms with van der Waals surface area (Å²) >= 11 is 0. The van der Waals surface area contributed by atoms with Crippen molar-refractivity contribution in [3.63, 3.8) is 0 Å². The van der Waals surface area contributed by atoms with Crippen molar-refractivity contribution in [1.82, 2.24) is 15.5 Å². The van der Waals surface area contributed by atoms with E-state index >= 15 is 0 Å². The second-order valence-electron chi connectivity index (χ2n) is 6.85. The van der Waals surface area contributed by atoms with Gasteiger partial charge in [-0.05, 0) is 37.5 Å². The minimum atomic E-state index is -0.100. The molecule has 27 heavy (non-hydrogen) atoms. The van der Waals surface area contributed by atoms with Crippen LogP contribution < -0.4 is 10.6 Å². The third-order valence-corrected chi connectivity index (χ3v) is 4.95. The van der Waals surface area contributed by atoms with Gasteiger partial charge < -0.3 is 20.0 Å². The first-order chi connectivity index (χ1) is 13.2. The van der Waals surface area contributed by atoms with E-state index in [1.165, 1.54) is 0 Å². The lowest BCUT2D eigenvalue weighted by molar-refractivity contribution is -0.122. The van der Waals surface area contributed by atoms with Gasteiger partial charge in [-0.2, -0.15) is 0 Å². The predicted molar refractivity (Wildman–Crippen MR) is 103 cm³/mol. The van der Waals surface area contributed by atoms with Gasteiger partial charge in [-0.1, -0.05) is 30.3 Å². The number of likely N-dealkylation sites (tertiary alicyclic amines) is 1. The Kier molecular flexibility index (Phi) is 6.52. The van der Waals surface area contributed by atoms with E-state index < -0.39 is 0 Å². The van der Waals surface area contributed by atoms with Crippen LogP contribution in [0.4, 0.5) is 4.79 Å². The fraction of sp³-hybridized carbons (Fsp3) is 0.429. The summed E-state index contributed by atoms with van der Waals surface area (Å²) in [4.78, 5) is 26.3. The Morgan fingerprint density at radius 1 is 1.15 bits per heavy atom. The second-order valence-corrected chi connectivity index (χ2v) is 6.85. The van der Waals surface area contributed by atoms with Gasteiger partial charge in [-0.3, -0.25) is 4.79 Å². The van der Waals surface area contributed by atoms with Crippen molar-refractivity contribution >= 4 is 11.9 Å². The van der Waals surface area contributed by atoms with Gasteiger partial charge in [0.1, 0.15) is 5.76 Å². The Morgan fingerprint density at radius 2 is 1.89 bits per heavy atom. The van der Waals surface area contributed by atoms with E-state index in [1.807, 2.05) is 54.3 Å². The zero-order valence-electron chi connectivity index (χ0n) is 15.7. The number of nitrogens with one attached hydrogen (secondary N) is 2. The molecule has 1 aromatic heterocycles. The number of rotatable bonds is 6. The number of urea groups is 1. The largest absolute Gasteiger partial charge is 0.469 e. The van der Waals surface area contributed by atoms with Crippen molar-refractivity contribution in [3.05, 3.63) is 60.1 Å². The Balaban J connectivity index is 1.56. The van der Waals surface area contributed by atoms with Crippen molar-refractivity contribution in [2.45, 2.75) is 38.1 Å². The minimum Gasteiger partial charge on any atom is -0.469 e. The van der Waals surface area contributed by atoms with Crippen molar-refractivity contribution in [1.29, 1.82) is 0 Å². The van der Waals surface area contributed by atoms with E-state index in [0.29, 0.717) is 26.1 Å². The summed E-state index contributed by atoms with van der Waals surface area (Å²) in [5.41, 5.74) is 1.06. The molecule has 1 unspecified atom stereocenters. The van der Waals surface area contributed by atoms with Gasteiger partial charge in [-0.15, -0.1) is 0 Å². The first-order valence-electron chi connectivity index (χ1n) is 9.58. The fourth-order valence-electron chi connectivity index (χ4n) is 3.52. The Labute approximate surface area is 159 Å². The molecule has 1 atom stereocenters. The maximum absolute atomic E-state index is 12.7. The highest BCUT2D eigenvalue weighted by Crippen LogP contribution is 2.28. The number of amides is 3. The summed E-state index contributed by atoms with van der Waals surface area (Å²) in [6, 6.07) is 13.8. The average molecular weight is 369 g/mol. The number of hydrogen-bond acceptors (Lipinski definition) is 3. The van der Waals surface area contributed by atoms with Gasteiger partial charge >= 0.3 is 6.03 Å². The molecule has 2 aromatic rings. The van der Waals surface area contributed by atoms with Crippen LogP contribution in [0.15, 0.2) is 53.1 Å². The van der Waals surface area contributed by atoms with Crippen LogP contribution in [0.3, 0.4) is 0 Å². The number of carbonyl (C=O) groups is 2. The SMILES string of the molecule is CCNC(=O)N1CCC(NC(=O)CC(c2ccccc2)c2ccco2)CC1. The van der Waals surface area contributed by atoms with E-state index in [-0.39, 0.29) is 23.9 Å². The van der Waals surface area contributed by atoms with Crippen LogP contribution in [-0.2, 0) is 4.79 Å². The van der Waals surface area contributed by atoms with Crippen LogP contribution in [0, 0.1) is 0 Å². The van der Waals surface area contributed by atoms with Gasteiger partial charge in [0.15, 0.2) is 0 Å². The minimum absolute atomic E-state index is 0.0108. The third-order valence-electron chi connectivity index (χ3n) is 4.95. The monoisotopic (exact) mass is 369 g/mol. The molecule has 6 nitrogen and oxygen atoms in total. The standard InChI is InChI=1S/C21H27N3O3/c1-2-22-21(26)24-12-10-17(11-13-24)23-20(25)15-18(19-9-6-14-27-19)16-7-4-3-5-8-16/h3-9,14,17-18H,2,10-13,15H2,1H3,(H,22,26)(H,23,25). The number of furan rings is 1. The molecule has 3 amide bonds. The smallest absolute Gasteiger partial charge is 0.317 e. The maximum atomic E-state index is 12.7. The van der Waals surface area contributed by atoms with Crippen LogP contribution >= 0.6 is 0 Å². The molecule has 2 N–H and O–H groups in total. The molecule has 0 saturated carbocycles. The molecule has 1 aromatic carbocycles. The lowest BCUT2D eigenvalue weighted by Gasteiger charge is -2.32. The molecule has 144 valence electrons. The fourth-order valence-corrected chi connectivity index (χ4v) is 3.52. The Bertz CT molecular complexity index is 722. The molecule has 0 radical (unpaired) electrons. The molecular formula is C21H27N3O3. The maximum Gasteiger partial charge on any atom is 0.317 e. The highest BCUT2D eigenvalue weighted by atomic mass is 16.3. The molecule has 0 bridgehead atoms. The van der Waals surface area contributed by atoms with Crippen molar-refractivity contribution in [2.75, 3.05) is 19.6 Å². The van der Waals surface area contributed by atoms with Crippen LogP contribution in [0.5, 0.6) is 0 Å². The summed E-state index contributed by atoms with van der Waals surface area (Å²) in [5.74, 6) is 0.704. The molecule has 3 rings (SSSR count). The molecule has 6 heteroatoms. The summed E-state index contributed by atoms with van der Waals surface area (Å²) < 4.78 is 5.57. The van der Waals surface area contributed by atoms with E-state index in [9.17, 15) is 9.59 Å². The van der Waals surface area contributed by atoms with Gasteiger partial charge in [0, 0.05) is 32.1 Å². The van der Waals surface area contributed by atoms with Crippen molar-refractivity contribution in [2.24, 2.45) is 0 Å². The zero-order chi connectivity index (χ0) is 19.1. The molecule has 1 saturated heterocycles. The summed E-state index contributed by atoms with van der Waals surface area (Å²) in [6.45, 7) is 3.87. The summed E-state index contributed by atoms with van der Waals surface area (Å²) in [6.07, 6.45) is 3.54. The predicted octanol–water partition coefficient (Wildman–Crippen LogP) is 3.11. The lowest BCUT2D eigenvalue weighted by atomic mass is 9.92. The van der Waals surface area contributed by atoms with E-state index in [4.69, 9.17) is 4.42 Å². The third kappa shape index (κ3) is 5.12. The van der Waals surface area contributed by atoms with Crippen LogP contribution in [0.25, 0.3) is 0 Å². The summed E-state index contributed by atoms with van der Waals surface area (Å²) in [7, 11) is 0. The van der Waals surface area contributed by atoms with Gasteiger partial charge in [-0.25, -0.2) is 4.79 Å². The lowest BCUT2D eigenvalue weighted by Crippen LogP contribution is -2.49. The normalized spacial score (nSPS) is 16.0. The highest BCUT2D eigenvalue weighted by Gasteiger charge is 2.26. The zero-order valence-corrected chi connectivity index (χ0v) is 15.7. The van der Waals surface area contributed by atoms with Crippen LogP contribution in [-0.4, -0.2) is 42.5 Å². The molecule has 2 heterocycles. The Morgan fingerprint density at radius 3 is 2.52 bits per heavy atom. The molecule has 1 aliphatic heterocycles. The highest BCUT2D eigenvalue weighted by molar-refractivity contribution is 5.78. The van der Waals surface area contributed by atoms with Gasteiger partial charge in [0.25, 0.3) is 0 Å². The number of benzene rings is 1. The number of piperidine rings is 1. The van der Waals surface area contributed by atoms with Crippen molar-refractivity contribution in [3.8, 4) is 0 Å². The Hall–Kier alpha value is -2.76. The number of hydrogen-bond donors (Lipinski definition) is 2. The van der Waals surface area contributed by atoms with Crippen LogP contribution in [0.2, 0.25) is 0 Å². The molecule has 1 fully saturated rings. The van der Waals surface area contributed by atoms with Gasteiger partial charge in [0.2, 0.25) is 5.91 Å². The first kappa shape index (κ1) is 19.0. The first-order valence-corrected chi connectivity index (χ1v) is 9.58. The van der Waals surface area contributed by atoms with Gasteiger partial charge in [0.05, 0.1) is 12.2 Å². The van der Waals surface area contributed by atoms with E-state index in [1.54, 1.807) is 6.26 Å². The van der Waals surface area contributed by atoms with Crippen LogP contribution in [0.1, 0.15) is 43.4 Å². The molecular weight excluding hydrogens is 342 g/mol.